The Morgan fingerprint density at radius 2 is 2.00 bits per heavy atom. The second-order valence-electron chi connectivity index (χ2n) is 5.87. The second kappa shape index (κ2) is 6.37. The molecule has 0 amide bonds. The van der Waals surface area contributed by atoms with Gasteiger partial charge in [0.15, 0.2) is 0 Å². The first-order valence-corrected chi connectivity index (χ1v) is 7.82. The zero-order valence-electron chi connectivity index (χ0n) is 13.5. The number of carboxylic acids is 1. The molecule has 124 valence electrons. The van der Waals surface area contributed by atoms with Crippen LogP contribution in [0.15, 0.2) is 54.7 Å². The van der Waals surface area contributed by atoms with Crippen LogP contribution < -0.4 is 10.5 Å². The van der Waals surface area contributed by atoms with Gasteiger partial charge in [-0.25, -0.2) is 4.79 Å². The lowest BCUT2D eigenvalue weighted by Gasteiger charge is -2.27. The fourth-order valence-electron chi connectivity index (χ4n) is 2.80. The van der Waals surface area contributed by atoms with E-state index >= 15 is 0 Å². The number of aromatic amines is 1. The molecule has 5 heteroatoms. The molecule has 0 saturated heterocycles. The van der Waals surface area contributed by atoms with E-state index in [2.05, 4.69) is 4.98 Å². The number of hydrogen-bond donors (Lipinski definition) is 3. The lowest BCUT2D eigenvalue weighted by atomic mass is 9.96. The number of nitrogens with one attached hydrogen (secondary N) is 1. The summed E-state index contributed by atoms with van der Waals surface area (Å²) in [6.07, 6.45) is 2.67. The van der Waals surface area contributed by atoms with Crippen LogP contribution in [0.25, 0.3) is 10.9 Å². The highest BCUT2D eigenvalue weighted by Gasteiger charge is 2.37. The lowest BCUT2D eigenvalue weighted by Crippen LogP contribution is -2.38. The minimum absolute atomic E-state index is 0.508. The third kappa shape index (κ3) is 2.86. The number of hydrogen-bond acceptors (Lipinski definition) is 3. The van der Waals surface area contributed by atoms with Gasteiger partial charge in [-0.3, -0.25) is 0 Å². The number of H-pyrrole nitrogens is 1. The fourth-order valence-corrected chi connectivity index (χ4v) is 2.80. The number of carboxylic acid groups (broad SMARTS) is 1. The summed E-state index contributed by atoms with van der Waals surface area (Å²) in [6, 6.07) is 14.5. The summed E-state index contributed by atoms with van der Waals surface area (Å²) in [5.41, 5.74) is 6.84. The van der Waals surface area contributed by atoms with E-state index in [9.17, 15) is 9.90 Å². The van der Waals surface area contributed by atoms with E-state index in [0.29, 0.717) is 17.9 Å². The van der Waals surface area contributed by atoms with Gasteiger partial charge in [0.2, 0.25) is 5.60 Å². The van der Waals surface area contributed by atoms with Crippen LogP contribution in [0.5, 0.6) is 5.75 Å². The van der Waals surface area contributed by atoms with Gasteiger partial charge < -0.3 is 20.6 Å². The molecule has 0 saturated carbocycles. The molecule has 1 heterocycles. The van der Waals surface area contributed by atoms with E-state index in [1.807, 2.05) is 24.4 Å². The zero-order valence-corrected chi connectivity index (χ0v) is 13.5. The highest BCUT2D eigenvalue weighted by molar-refractivity contribution is 5.85. The van der Waals surface area contributed by atoms with Crippen LogP contribution in [0, 0.1) is 0 Å². The largest absolute Gasteiger partial charge is 0.478 e. The maximum absolute atomic E-state index is 11.9. The molecule has 0 fully saturated rings. The topological polar surface area (TPSA) is 88.3 Å². The van der Waals surface area contributed by atoms with Crippen LogP contribution >= 0.6 is 0 Å². The molecule has 5 nitrogen and oxygen atoms in total. The van der Waals surface area contributed by atoms with Crippen molar-refractivity contribution >= 4 is 16.9 Å². The Balaban J connectivity index is 2.00. The van der Waals surface area contributed by atoms with Crippen LogP contribution in [0.1, 0.15) is 18.1 Å². The number of nitrogens with two attached hydrogens (primary N) is 1. The summed E-state index contributed by atoms with van der Waals surface area (Å²) >= 11 is 0. The summed E-state index contributed by atoms with van der Waals surface area (Å²) in [5, 5.41) is 10.7. The average Bonchev–Trinajstić information content (AvgIpc) is 2.98. The highest BCUT2D eigenvalue weighted by atomic mass is 16.5. The van der Waals surface area contributed by atoms with Gasteiger partial charge in [-0.1, -0.05) is 30.3 Å². The molecular weight excluding hydrogens is 304 g/mol. The number of carbonyl (C=O) groups is 1. The van der Waals surface area contributed by atoms with Gasteiger partial charge in [-0.05, 0) is 43.7 Å². The molecule has 0 aliphatic rings. The molecule has 0 bridgehead atoms. The summed E-state index contributed by atoms with van der Waals surface area (Å²) in [6.45, 7) is 2.11. The first-order valence-electron chi connectivity index (χ1n) is 7.82. The van der Waals surface area contributed by atoms with Crippen molar-refractivity contribution < 1.29 is 14.6 Å². The molecule has 2 aromatic carbocycles. The third-order valence-electron chi connectivity index (χ3n) is 4.21. The van der Waals surface area contributed by atoms with Gasteiger partial charge in [0.05, 0.1) is 0 Å². The van der Waals surface area contributed by atoms with E-state index in [0.717, 1.165) is 22.9 Å². The SMILES string of the molecule is CC(Oc1ccc2[nH]cc(CCN)c2c1)(C(=O)O)c1ccccc1. The van der Waals surface area contributed by atoms with Crippen molar-refractivity contribution in [2.45, 2.75) is 18.9 Å². The van der Waals surface area contributed by atoms with Crippen molar-refractivity contribution in [2.24, 2.45) is 5.73 Å². The van der Waals surface area contributed by atoms with Crippen LogP contribution in [-0.2, 0) is 16.8 Å². The Bertz CT molecular complexity index is 857. The maximum Gasteiger partial charge on any atom is 0.352 e. The van der Waals surface area contributed by atoms with E-state index in [-0.39, 0.29) is 0 Å². The van der Waals surface area contributed by atoms with Gasteiger partial charge in [-0.2, -0.15) is 0 Å². The number of aliphatic carboxylic acids is 1. The number of ether oxygens (including phenoxy) is 1. The smallest absolute Gasteiger partial charge is 0.352 e. The molecule has 4 N–H and O–H groups in total. The maximum atomic E-state index is 11.9. The van der Waals surface area contributed by atoms with Crippen LogP contribution in [0.2, 0.25) is 0 Å². The molecule has 1 unspecified atom stereocenters. The molecule has 0 radical (unpaired) electrons. The zero-order chi connectivity index (χ0) is 17.2. The van der Waals surface area contributed by atoms with Crippen molar-refractivity contribution in [1.82, 2.24) is 4.98 Å². The third-order valence-corrected chi connectivity index (χ3v) is 4.21. The van der Waals surface area contributed by atoms with Crippen molar-refractivity contribution in [2.75, 3.05) is 6.54 Å². The predicted octanol–water partition coefficient (Wildman–Crippen LogP) is 3.05. The molecule has 3 rings (SSSR count). The van der Waals surface area contributed by atoms with E-state index in [1.165, 1.54) is 0 Å². The van der Waals surface area contributed by atoms with Gasteiger partial charge >= 0.3 is 5.97 Å². The predicted molar refractivity (Wildman–Crippen MR) is 93.1 cm³/mol. The number of aromatic nitrogens is 1. The van der Waals surface area contributed by atoms with E-state index < -0.39 is 11.6 Å². The normalized spacial score (nSPS) is 13.6. The minimum atomic E-state index is -1.46. The van der Waals surface area contributed by atoms with Gasteiger partial charge in [-0.15, -0.1) is 0 Å². The first-order chi connectivity index (χ1) is 11.5. The van der Waals surface area contributed by atoms with Crippen molar-refractivity contribution in [3.05, 3.63) is 65.9 Å². The molecule has 0 spiro atoms. The molecule has 24 heavy (non-hydrogen) atoms. The molecule has 0 aliphatic heterocycles. The van der Waals surface area contributed by atoms with Crippen molar-refractivity contribution in [3.8, 4) is 5.75 Å². The molecule has 3 aromatic rings. The quantitative estimate of drug-likeness (QED) is 0.650. The van der Waals surface area contributed by atoms with Crippen molar-refractivity contribution in [3.63, 3.8) is 0 Å². The summed E-state index contributed by atoms with van der Waals surface area (Å²) in [5.74, 6) is -0.529. The first kappa shape index (κ1) is 16.1. The molecule has 1 aromatic heterocycles. The van der Waals surface area contributed by atoms with Crippen LogP contribution in [0.3, 0.4) is 0 Å². The number of benzene rings is 2. The average molecular weight is 324 g/mol. The fraction of sp³-hybridized carbons (Fsp3) is 0.211. The van der Waals surface area contributed by atoms with Crippen molar-refractivity contribution in [1.29, 1.82) is 0 Å². The van der Waals surface area contributed by atoms with E-state index in [4.69, 9.17) is 10.5 Å². The summed E-state index contributed by atoms with van der Waals surface area (Å²) in [7, 11) is 0. The van der Waals surface area contributed by atoms with Gasteiger partial charge in [0.1, 0.15) is 5.75 Å². The molecule has 1 atom stereocenters. The number of rotatable bonds is 6. The molecule has 0 aliphatic carbocycles. The van der Waals surface area contributed by atoms with Gasteiger partial charge in [0.25, 0.3) is 0 Å². The summed E-state index contributed by atoms with van der Waals surface area (Å²) < 4.78 is 5.92. The highest BCUT2D eigenvalue weighted by Crippen LogP contribution is 2.31. The van der Waals surface area contributed by atoms with Gasteiger partial charge in [0, 0.05) is 22.7 Å². The Labute approximate surface area is 140 Å². The Hall–Kier alpha value is -2.79. The lowest BCUT2D eigenvalue weighted by molar-refractivity contribution is -0.154. The Kier molecular flexibility index (Phi) is 4.27. The number of fused-ring (bicyclic) bond motifs is 1. The van der Waals surface area contributed by atoms with Crippen LogP contribution in [-0.4, -0.2) is 22.6 Å². The Morgan fingerprint density at radius 3 is 2.67 bits per heavy atom. The second-order valence-corrected chi connectivity index (χ2v) is 5.87. The standard InChI is InChI=1S/C19H20N2O3/c1-19(18(22)23,14-5-3-2-4-6-14)24-15-7-8-17-16(11-15)13(9-10-20)12-21-17/h2-8,11-12,21H,9-10,20H2,1H3,(H,22,23). The Morgan fingerprint density at radius 1 is 1.25 bits per heavy atom. The summed E-state index contributed by atoms with van der Waals surface area (Å²) in [4.78, 5) is 15.1. The van der Waals surface area contributed by atoms with E-state index in [1.54, 1.807) is 37.3 Å². The minimum Gasteiger partial charge on any atom is -0.478 e. The monoisotopic (exact) mass is 324 g/mol. The van der Waals surface area contributed by atoms with Crippen LogP contribution in [0.4, 0.5) is 0 Å². The molecular formula is C19H20N2O3.